The molecule has 0 saturated carbocycles. The van der Waals surface area contributed by atoms with Gasteiger partial charge in [-0.2, -0.15) is 17.6 Å². The molecule has 0 radical (unpaired) electrons. The Kier molecular flexibility index (Phi) is 2.68. The number of rotatable bonds is 1. The van der Waals surface area contributed by atoms with Crippen molar-refractivity contribution >= 4 is 30.4 Å². The van der Waals surface area contributed by atoms with Gasteiger partial charge in [-0.1, -0.05) is 0 Å². The second-order valence-corrected chi connectivity index (χ2v) is 4.28. The van der Waals surface area contributed by atoms with E-state index in [1.54, 1.807) is 16.8 Å². The third-order valence-electron chi connectivity index (χ3n) is 2.64. The normalized spacial score (nSPS) is 26.5. The Balaban J connectivity index is 2.15. The molecular weight excluding hydrogens is 214 g/mol. The standard InChI is InChI=1S/C9H13N3O2S/c1-11-4-7(13)10-9(11)12-3-6(5-15)2-8(12)14/h6,15H,2-5H2,1H3. The molecule has 1 unspecified atom stereocenters. The minimum absolute atomic E-state index is 0.0364. The van der Waals surface area contributed by atoms with E-state index in [1.807, 2.05) is 0 Å². The lowest BCUT2D eigenvalue weighted by molar-refractivity contribution is -0.124. The Morgan fingerprint density at radius 1 is 1.53 bits per heavy atom. The Morgan fingerprint density at radius 3 is 2.73 bits per heavy atom. The van der Waals surface area contributed by atoms with E-state index in [2.05, 4.69) is 17.6 Å². The van der Waals surface area contributed by atoms with Gasteiger partial charge in [0, 0.05) is 20.0 Å². The van der Waals surface area contributed by atoms with Crippen LogP contribution in [0.5, 0.6) is 0 Å². The number of amides is 2. The fraction of sp³-hybridized carbons (Fsp3) is 0.667. The van der Waals surface area contributed by atoms with Gasteiger partial charge >= 0.3 is 0 Å². The molecule has 2 amide bonds. The lowest BCUT2D eigenvalue weighted by Gasteiger charge is -2.21. The van der Waals surface area contributed by atoms with Gasteiger partial charge in [-0.15, -0.1) is 0 Å². The smallest absolute Gasteiger partial charge is 0.268 e. The molecule has 0 spiro atoms. The maximum absolute atomic E-state index is 11.7. The first-order valence-electron chi connectivity index (χ1n) is 4.85. The largest absolute Gasteiger partial charge is 0.336 e. The Bertz CT molecular complexity index is 342. The monoisotopic (exact) mass is 227 g/mol. The van der Waals surface area contributed by atoms with Crippen LogP contribution < -0.4 is 0 Å². The van der Waals surface area contributed by atoms with E-state index in [4.69, 9.17) is 0 Å². The first kappa shape index (κ1) is 10.5. The van der Waals surface area contributed by atoms with Gasteiger partial charge < -0.3 is 4.90 Å². The van der Waals surface area contributed by atoms with E-state index in [9.17, 15) is 9.59 Å². The van der Waals surface area contributed by atoms with Crippen molar-refractivity contribution in [2.75, 3.05) is 25.9 Å². The molecular formula is C9H13N3O2S. The topological polar surface area (TPSA) is 53.0 Å². The van der Waals surface area contributed by atoms with Gasteiger partial charge in [-0.05, 0) is 11.7 Å². The van der Waals surface area contributed by atoms with E-state index in [-0.39, 0.29) is 24.3 Å². The molecule has 82 valence electrons. The fourth-order valence-corrected chi connectivity index (χ4v) is 2.11. The second kappa shape index (κ2) is 3.84. The zero-order valence-corrected chi connectivity index (χ0v) is 9.41. The zero-order chi connectivity index (χ0) is 11.0. The van der Waals surface area contributed by atoms with Crippen molar-refractivity contribution in [3.8, 4) is 0 Å². The van der Waals surface area contributed by atoms with E-state index in [0.29, 0.717) is 24.7 Å². The van der Waals surface area contributed by atoms with Crippen molar-refractivity contribution in [2.45, 2.75) is 6.42 Å². The van der Waals surface area contributed by atoms with Crippen LogP contribution in [0.3, 0.4) is 0 Å². The van der Waals surface area contributed by atoms with Gasteiger partial charge in [0.05, 0.1) is 0 Å². The summed E-state index contributed by atoms with van der Waals surface area (Å²) in [5.74, 6) is 1.30. The molecule has 0 bridgehead atoms. The van der Waals surface area contributed by atoms with E-state index in [1.165, 1.54) is 0 Å². The van der Waals surface area contributed by atoms with Gasteiger partial charge in [0.25, 0.3) is 5.91 Å². The summed E-state index contributed by atoms with van der Waals surface area (Å²) in [4.78, 5) is 29.9. The molecule has 0 aromatic heterocycles. The molecule has 5 nitrogen and oxygen atoms in total. The van der Waals surface area contributed by atoms with Gasteiger partial charge in [0.15, 0.2) is 0 Å². The Labute approximate surface area is 93.5 Å². The number of carbonyl (C=O) groups is 2. The van der Waals surface area contributed by atoms with Gasteiger partial charge in [-0.25, -0.2) is 0 Å². The lowest BCUT2D eigenvalue weighted by Crippen LogP contribution is -2.41. The number of likely N-dealkylation sites (N-methyl/N-ethyl adjacent to an activating group) is 1. The summed E-state index contributed by atoms with van der Waals surface area (Å²) >= 11 is 4.18. The highest BCUT2D eigenvalue weighted by atomic mass is 32.1. The van der Waals surface area contributed by atoms with Crippen molar-refractivity contribution in [3.05, 3.63) is 0 Å². The number of carbonyl (C=O) groups excluding carboxylic acids is 2. The molecule has 1 saturated heterocycles. The van der Waals surface area contributed by atoms with Crippen LogP contribution in [-0.4, -0.2) is 53.5 Å². The summed E-state index contributed by atoms with van der Waals surface area (Å²) in [7, 11) is 1.77. The maximum Gasteiger partial charge on any atom is 0.268 e. The zero-order valence-electron chi connectivity index (χ0n) is 8.51. The summed E-state index contributed by atoms with van der Waals surface area (Å²) in [6.07, 6.45) is 0.505. The molecule has 6 heteroatoms. The molecule has 0 N–H and O–H groups in total. The summed E-state index contributed by atoms with van der Waals surface area (Å²) in [5.41, 5.74) is 0. The highest BCUT2D eigenvalue weighted by Crippen LogP contribution is 2.21. The van der Waals surface area contributed by atoms with Crippen LogP contribution in [-0.2, 0) is 9.59 Å². The minimum atomic E-state index is -0.186. The fourth-order valence-electron chi connectivity index (χ4n) is 1.87. The highest BCUT2D eigenvalue weighted by Gasteiger charge is 2.36. The Morgan fingerprint density at radius 2 is 2.27 bits per heavy atom. The highest BCUT2D eigenvalue weighted by molar-refractivity contribution is 7.80. The molecule has 0 aromatic carbocycles. The molecule has 2 aliphatic heterocycles. The average molecular weight is 227 g/mol. The molecule has 15 heavy (non-hydrogen) atoms. The van der Waals surface area contributed by atoms with Crippen molar-refractivity contribution in [2.24, 2.45) is 10.9 Å². The van der Waals surface area contributed by atoms with Gasteiger partial charge in [0.2, 0.25) is 11.9 Å². The first-order valence-corrected chi connectivity index (χ1v) is 5.49. The first-order chi connectivity index (χ1) is 7.11. The molecule has 0 aliphatic carbocycles. The third kappa shape index (κ3) is 1.86. The van der Waals surface area contributed by atoms with Crippen molar-refractivity contribution in [1.29, 1.82) is 0 Å². The van der Waals surface area contributed by atoms with Gasteiger partial charge in [0.1, 0.15) is 6.54 Å². The van der Waals surface area contributed by atoms with Crippen LogP contribution in [0.2, 0.25) is 0 Å². The van der Waals surface area contributed by atoms with Crippen LogP contribution in [0.25, 0.3) is 0 Å². The molecule has 0 aromatic rings. The molecule has 1 atom stereocenters. The van der Waals surface area contributed by atoms with Crippen LogP contribution in [0, 0.1) is 5.92 Å². The molecule has 2 rings (SSSR count). The van der Waals surface area contributed by atoms with Crippen LogP contribution in [0.4, 0.5) is 0 Å². The van der Waals surface area contributed by atoms with E-state index < -0.39 is 0 Å². The predicted molar refractivity (Wildman–Crippen MR) is 58.7 cm³/mol. The number of guanidine groups is 1. The number of hydrogen-bond acceptors (Lipinski definition) is 4. The van der Waals surface area contributed by atoms with Gasteiger partial charge in [-0.3, -0.25) is 14.5 Å². The predicted octanol–water partition coefficient (Wildman–Crippen LogP) is -0.407. The maximum atomic E-state index is 11.7. The molecule has 1 fully saturated rings. The number of likely N-dealkylation sites (tertiary alicyclic amines) is 1. The van der Waals surface area contributed by atoms with Crippen LogP contribution in [0.15, 0.2) is 4.99 Å². The third-order valence-corrected chi connectivity index (χ3v) is 3.16. The number of hydrogen-bond donors (Lipinski definition) is 1. The SMILES string of the molecule is CN1CC(=O)N=C1N1CC(CS)CC1=O. The molecule has 2 aliphatic rings. The van der Waals surface area contributed by atoms with Crippen LogP contribution in [0.1, 0.15) is 6.42 Å². The molecule has 2 heterocycles. The number of aliphatic imine (C=N–C) groups is 1. The summed E-state index contributed by atoms with van der Waals surface area (Å²) in [6, 6.07) is 0. The summed E-state index contributed by atoms with van der Waals surface area (Å²) in [5, 5.41) is 0. The number of thiol groups is 1. The number of nitrogens with zero attached hydrogens (tertiary/aromatic N) is 3. The van der Waals surface area contributed by atoms with Crippen molar-refractivity contribution in [3.63, 3.8) is 0 Å². The van der Waals surface area contributed by atoms with E-state index in [0.717, 1.165) is 0 Å². The average Bonchev–Trinajstić information content (AvgIpc) is 2.69. The lowest BCUT2D eigenvalue weighted by atomic mass is 10.1. The Hall–Kier alpha value is -1.04. The van der Waals surface area contributed by atoms with Crippen LogP contribution >= 0.6 is 12.6 Å². The quantitative estimate of drug-likeness (QED) is 0.620. The van der Waals surface area contributed by atoms with E-state index >= 15 is 0 Å². The second-order valence-electron chi connectivity index (χ2n) is 3.92. The van der Waals surface area contributed by atoms with Crippen molar-refractivity contribution in [1.82, 2.24) is 9.80 Å². The minimum Gasteiger partial charge on any atom is -0.336 e. The van der Waals surface area contributed by atoms with Crippen molar-refractivity contribution < 1.29 is 9.59 Å². The summed E-state index contributed by atoms with van der Waals surface area (Å²) < 4.78 is 0. The summed E-state index contributed by atoms with van der Waals surface area (Å²) in [6.45, 7) is 0.892.